The van der Waals surface area contributed by atoms with Gasteiger partial charge in [0, 0.05) is 23.3 Å². The molecule has 0 aliphatic heterocycles. The topological polar surface area (TPSA) is 77.8 Å². The Balaban J connectivity index is 1.23. The summed E-state index contributed by atoms with van der Waals surface area (Å²) in [6, 6.07) is 11.3. The average molecular weight is 407 g/mol. The number of hydrogen-bond donors (Lipinski definition) is 1. The Morgan fingerprint density at radius 3 is 2.73 bits per heavy atom. The molecule has 6 heteroatoms. The number of furan rings is 1. The molecule has 2 fully saturated rings. The Hall–Kier alpha value is -3.02. The molecule has 2 aliphatic carbocycles. The number of anilines is 1. The molecule has 30 heavy (non-hydrogen) atoms. The molecule has 2 aromatic carbocycles. The van der Waals surface area contributed by atoms with Crippen LogP contribution in [0.3, 0.4) is 0 Å². The van der Waals surface area contributed by atoms with Gasteiger partial charge in [0.05, 0.1) is 12.8 Å². The number of methoxy groups -OCH3 is 1. The molecule has 2 bridgehead atoms. The highest BCUT2D eigenvalue weighted by molar-refractivity contribution is 6.07. The molecule has 1 N–H and O–H groups in total. The Morgan fingerprint density at radius 2 is 1.97 bits per heavy atom. The second-order valence-corrected chi connectivity index (χ2v) is 8.49. The fourth-order valence-corrected chi connectivity index (χ4v) is 5.25. The van der Waals surface area contributed by atoms with Crippen LogP contribution in [0.15, 0.2) is 40.8 Å². The summed E-state index contributed by atoms with van der Waals surface area (Å²) in [5.41, 5.74) is 1.91. The number of carbonyl (C=O) groups excluding carboxylic acids is 2. The second-order valence-electron chi connectivity index (χ2n) is 8.49. The van der Waals surface area contributed by atoms with Crippen LogP contribution in [0.2, 0.25) is 0 Å². The van der Waals surface area contributed by atoms with Gasteiger partial charge >= 0.3 is 5.97 Å². The third-order valence-corrected chi connectivity index (χ3v) is 6.65. The summed E-state index contributed by atoms with van der Waals surface area (Å²) in [5.74, 6) is 1.71. The Labute approximate surface area is 174 Å². The molecule has 0 spiro atoms. The molecule has 0 unspecified atom stereocenters. The first kappa shape index (κ1) is 19.0. The van der Waals surface area contributed by atoms with E-state index in [-0.39, 0.29) is 12.6 Å². The zero-order chi connectivity index (χ0) is 20.7. The van der Waals surface area contributed by atoms with Crippen molar-refractivity contribution in [1.82, 2.24) is 0 Å². The van der Waals surface area contributed by atoms with E-state index in [1.54, 1.807) is 13.2 Å². The zero-order valence-corrected chi connectivity index (χ0v) is 17.0. The van der Waals surface area contributed by atoms with Gasteiger partial charge in [-0.1, -0.05) is 24.6 Å². The van der Waals surface area contributed by atoms with Crippen LogP contribution >= 0.6 is 0 Å². The Kier molecular flexibility index (Phi) is 4.85. The molecule has 2 aliphatic rings. The predicted octanol–water partition coefficient (Wildman–Crippen LogP) is 4.90. The lowest BCUT2D eigenvalue weighted by Crippen LogP contribution is -2.23. The minimum absolute atomic E-state index is 0.289. The van der Waals surface area contributed by atoms with Crippen molar-refractivity contribution < 1.29 is 23.5 Å². The average Bonchev–Trinajstić information content (AvgIpc) is 3.45. The number of para-hydroxylation sites is 1. The first-order chi connectivity index (χ1) is 14.6. The summed E-state index contributed by atoms with van der Waals surface area (Å²) in [6.07, 6.45) is 5.33. The van der Waals surface area contributed by atoms with E-state index in [0.717, 1.165) is 28.7 Å². The van der Waals surface area contributed by atoms with Crippen molar-refractivity contribution in [1.29, 1.82) is 0 Å². The van der Waals surface area contributed by atoms with Crippen molar-refractivity contribution >= 4 is 39.5 Å². The molecular weight excluding hydrogens is 382 g/mol. The van der Waals surface area contributed by atoms with E-state index < -0.39 is 5.91 Å². The van der Waals surface area contributed by atoms with Crippen LogP contribution in [-0.2, 0) is 14.3 Å². The van der Waals surface area contributed by atoms with Crippen molar-refractivity contribution in [2.24, 2.45) is 17.8 Å². The van der Waals surface area contributed by atoms with Crippen molar-refractivity contribution in [2.75, 3.05) is 19.0 Å². The van der Waals surface area contributed by atoms with Gasteiger partial charge in [-0.2, -0.15) is 0 Å². The lowest BCUT2D eigenvalue weighted by Gasteiger charge is -2.20. The minimum Gasteiger partial charge on any atom is -0.495 e. The molecule has 0 radical (unpaired) electrons. The van der Waals surface area contributed by atoms with Crippen molar-refractivity contribution in [3.05, 3.63) is 36.4 Å². The maximum absolute atomic E-state index is 12.4. The number of hydrogen-bond acceptors (Lipinski definition) is 5. The normalized spacial score (nSPS) is 22.5. The maximum atomic E-state index is 12.4. The molecule has 156 valence electrons. The van der Waals surface area contributed by atoms with Crippen LogP contribution in [0.1, 0.15) is 32.1 Å². The summed E-state index contributed by atoms with van der Waals surface area (Å²) in [6.45, 7) is -0.305. The maximum Gasteiger partial charge on any atom is 0.306 e. The van der Waals surface area contributed by atoms with Crippen molar-refractivity contribution in [3.8, 4) is 5.75 Å². The van der Waals surface area contributed by atoms with Gasteiger partial charge in [-0.25, -0.2) is 0 Å². The standard InChI is InChI=1S/C24H25NO5/c1-28-22-11-18-17-4-2-3-5-20(17)30-21(18)12-19(22)25-23(26)13-29-24(27)10-16-9-14-6-7-15(16)8-14/h2-5,11-12,14-16H,6-10,13H2,1H3,(H,25,26)/t14-,15+,16+/m0/s1. The minimum atomic E-state index is -0.398. The van der Waals surface area contributed by atoms with Gasteiger partial charge in [-0.15, -0.1) is 0 Å². The zero-order valence-electron chi connectivity index (χ0n) is 17.0. The van der Waals surface area contributed by atoms with Gasteiger partial charge < -0.3 is 19.2 Å². The first-order valence-corrected chi connectivity index (χ1v) is 10.6. The SMILES string of the molecule is COc1cc2c(cc1NC(=O)COC(=O)C[C@H]1C[C@H]3CC[C@@H]1C3)oc1ccccc12. The number of rotatable bonds is 6. The molecule has 5 rings (SSSR count). The highest BCUT2D eigenvalue weighted by atomic mass is 16.5. The molecule has 6 nitrogen and oxygen atoms in total. The number of ether oxygens (including phenoxy) is 2. The Morgan fingerprint density at radius 1 is 1.10 bits per heavy atom. The molecule has 1 heterocycles. The summed E-state index contributed by atoms with van der Waals surface area (Å²) >= 11 is 0. The molecule has 0 saturated heterocycles. The molecule has 3 aromatic rings. The first-order valence-electron chi connectivity index (χ1n) is 10.6. The largest absolute Gasteiger partial charge is 0.495 e. The van der Waals surface area contributed by atoms with E-state index in [4.69, 9.17) is 13.9 Å². The summed E-state index contributed by atoms with van der Waals surface area (Å²) < 4.78 is 16.6. The van der Waals surface area contributed by atoms with Crippen LogP contribution in [0, 0.1) is 17.8 Å². The van der Waals surface area contributed by atoms with E-state index in [1.165, 1.54) is 19.3 Å². The van der Waals surface area contributed by atoms with Gasteiger partial charge in [0.2, 0.25) is 0 Å². The summed E-state index contributed by atoms with van der Waals surface area (Å²) in [4.78, 5) is 24.6. The van der Waals surface area contributed by atoms with Crippen LogP contribution in [0.4, 0.5) is 5.69 Å². The highest BCUT2D eigenvalue weighted by Gasteiger charge is 2.40. The number of esters is 1. The molecule has 3 atom stereocenters. The monoisotopic (exact) mass is 407 g/mol. The quantitative estimate of drug-likeness (QED) is 0.588. The highest BCUT2D eigenvalue weighted by Crippen LogP contribution is 2.49. The van der Waals surface area contributed by atoms with E-state index in [2.05, 4.69) is 5.32 Å². The van der Waals surface area contributed by atoms with Gasteiger partial charge in [0.25, 0.3) is 5.91 Å². The molecular formula is C24H25NO5. The van der Waals surface area contributed by atoms with Gasteiger partial charge in [0.1, 0.15) is 16.9 Å². The fourth-order valence-electron chi connectivity index (χ4n) is 5.25. The van der Waals surface area contributed by atoms with Crippen LogP contribution in [0.25, 0.3) is 21.9 Å². The van der Waals surface area contributed by atoms with Gasteiger partial charge in [-0.05, 0) is 49.1 Å². The number of benzene rings is 2. The second kappa shape index (κ2) is 7.67. The number of carbonyl (C=O) groups is 2. The van der Waals surface area contributed by atoms with Crippen molar-refractivity contribution in [2.45, 2.75) is 32.1 Å². The van der Waals surface area contributed by atoms with E-state index in [9.17, 15) is 9.59 Å². The lowest BCUT2D eigenvalue weighted by atomic mass is 9.86. The number of fused-ring (bicyclic) bond motifs is 5. The van der Waals surface area contributed by atoms with Crippen LogP contribution < -0.4 is 10.1 Å². The molecule has 1 aromatic heterocycles. The third-order valence-electron chi connectivity index (χ3n) is 6.65. The number of nitrogens with one attached hydrogen (secondary N) is 1. The Bertz CT molecular complexity index is 1120. The molecule has 2 saturated carbocycles. The van der Waals surface area contributed by atoms with Crippen LogP contribution in [0.5, 0.6) is 5.75 Å². The molecule has 1 amide bonds. The number of amides is 1. The third kappa shape index (κ3) is 3.51. The van der Waals surface area contributed by atoms with Gasteiger partial charge in [0.15, 0.2) is 6.61 Å². The van der Waals surface area contributed by atoms with Gasteiger partial charge in [-0.3, -0.25) is 9.59 Å². The fraction of sp³-hybridized carbons (Fsp3) is 0.417. The predicted molar refractivity (Wildman–Crippen MR) is 113 cm³/mol. The lowest BCUT2D eigenvalue weighted by molar-refractivity contribution is -0.148. The summed E-state index contributed by atoms with van der Waals surface area (Å²) in [5, 5.41) is 4.67. The summed E-state index contributed by atoms with van der Waals surface area (Å²) in [7, 11) is 1.55. The van der Waals surface area contributed by atoms with E-state index in [1.807, 2.05) is 30.3 Å². The van der Waals surface area contributed by atoms with E-state index in [0.29, 0.717) is 35.3 Å². The van der Waals surface area contributed by atoms with E-state index >= 15 is 0 Å². The van der Waals surface area contributed by atoms with Crippen molar-refractivity contribution in [3.63, 3.8) is 0 Å². The smallest absolute Gasteiger partial charge is 0.306 e. The van der Waals surface area contributed by atoms with Crippen LogP contribution in [-0.4, -0.2) is 25.6 Å².